The highest BCUT2D eigenvalue weighted by Gasteiger charge is 1.95. The molecule has 0 atom stereocenters. The van der Waals surface area contributed by atoms with E-state index in [9.17, 15) is 5.11 Å². The van der Waals surface area contributed by atoms with Crippen molar-refractivity contribution < 1.29 is 5.11 Å². The van der Waals surface area contributed by atoms with E-state index in [0.29, 0.717) is 5.75 Å². The molecule has 0 aliphatic rings. The second-order valence-corrected chi connectivity index (χ2v) is 6.51. The van der Waals surface area contributed by atoms with E-state index in [0.717, 1.165) is 0 Å². The van der Waals surface area contributed by atoms with Gasteiger partial charge in [0, 0.05) is 0 Å². The minimum Gasteiger partial charge on any atom is -0.508 e. The minimum atomic E-state index is 0.337. The molecule has 0 unspecified atom stereocenters. The molecule has 1 aromatic carbocycles. The Morgan fingerprint density at radius 1 is 0.818 bits per heavy atom. The molecule has 1 N–H and O–H groups in total. The third-order valence-electron chi connectivity index (χ3n) is 4.23. The molecule has 1 aromatic rings. The summed E-state index contributed by atoms with van der Waals surface area (Å²) in [6.07, 6.45) is 17.3. The normalized spacial score (nSPS) is 11.8. The van der Waals surface area contributed by atoms with E-state index < -0.39 is 0 Å². The molecule has 0 bridgehead atoms. The third kappa shape index (κ3) is 9.65. The fraction of sp³-hybridized carbons (Fsp3) is 0.619. The minimum absolute atomic E-state index is 0.337. The second kappa shape index (κ2) is 12.3. The van der Waals surface area contributed by atoms with Crippen LogP contribution < -0.4 is 0 Å². The first-order valence-electron chi connectivity index (χ1n) is 9.18. The van der Waals surface area contributed by atoms with E-state index in [1.54, 1.807) is 12.1 Å². The Morgan fingerprint density at radius 3 is 1.86 bits per heavy atom. The summed E-state index contributed by atoms with van der Waals surface area (Å²) < 4.78 is 0. The quantitative estimate of drug-likeness (QED) is 0.408. The van der Waals surface area contributed by atoms with Crippen LogP contribution >= 0.6 is 0 Å². The lowest BCUT2D eigenvalue weighted by Crippen LogP contribution is -1.83. The molecule has 124 valence electrons. The Balaban J connectivity index is 2.01. The van der Waals surface area contributed by atoms with Crippen molar-refractivity contribution in [3.8, 4) is 5.75 Å². The maximum atomic E-state index is 9.27. The number of allylic oxidation sites excluding steroid dienone is 1. The van der Waals surface area contributed by atoms with Gasteiger partial charge < -0.3 is 5.11 Å². The van der Waals surface area contributed by atoms with Gasteiger partial charge in [-0.3, -0.25) is 0 Å². The van der Waals surface area contributed by atoms with Gasteiger partial charge in [0.05, 0.1) is 0 Å². The van der Waals surface area contributed by atoms with Crippen molar-refractivity contribution in [2.75, 3.05) is 0 Å². The number of aromatic hydroxyl groups is 1. The van der Waals surface area contributed by atoms with Crippen LogP contribution in [0.5, 0.6) is 5.75 Å². The molecule has 22 heavy (non-hydrogen) atoms. The van der Waals surface area contributed by atoms with Crippen molar-refractivity contribution in [1.29, 1.82) is 0 Å². The van der Waals surface area contributed by atoms with Gasteiger partial charge in [0.15, 0.2) is 0 Å². The van der Waals surface area contributed by atoms with E-state index in [1.165, 1.54) is 81.8 Å². The van der Waals surface area contributed by atoms with Gasteiger partial charge in [0.25, 0.3) is 0 Å². The molecule has 1 rings (SSSR count). The lowest BCUT2D eigenvalue weighted by Gasteiger charge is -2.04. The van der Waals surface area contributed by atoms with Crippen LogP contribution in [-0.2, 0) is 0 Å². The van der Waals surface area contributed by atoms with Gasteiger partial charge in [0.1, 0.15) is 5.75 Å². The van der Waals surface area contributed by atoms with Gasteiger partial charge in [-0.2, -0.15) is 0 Å². The second-order valence-electron chi connectivity index (χ2n) is 6.51. The van der Waals surface area contributed by atoms with Crippen molar-refractivity contribution in [3.05, 3.63) is 35.4 Å². The molecular formula is C21H34O. The number of hydrogen-bond acceptors (Lipinski definition) is 1. The Kier molecular flexibility index (Phi) is 10.5. The topological polar surface area (TPSA) is 20.2 Å². The molecule has 1 heteroatoms. The standard InChI is InChI=1S/C21H34O/c1-3-4-5-6-7-8-9-10-11-12-13-19(2)18-20-14-16-21(22)17-15-20/h14-18,22H,3-13H2,1-2H3. The summed E-state index contributed by atoms with van der Waals surface area (Å²) in [6, 6.07) is 7.44. The van der Waals surface area contributed by atoms with Crippen LogP contribution in [0, 0.1) is 0 Å². The summed E-state index contributed by atoms with van der Waals surface area (Å²) in [4.78, 5) is 0. The average molecular weight is 303 g/mol. The Bertz CT molecular complexity index is 402. The summed E-state index contributed by atoms with van der Waals surface area (Å²) in [7, 11) is 0. The summed E-state index contributed by atoms with van der Waals surface area (Å²) in [6.45, 7) is 4.48. The number of unbranched alkanes of at least 4 members (excludes halogenated alkanes) is 9. The lowest BCUT2D eigenvalue weighted by molar-refractivity contribution is 0.475. The fourth-order valence-corrected chi connectivity index (χ4v) is 2.82. The molecule has 0 aromatic heterocycles. The van der Waals surface area contributed by atoms with E-state index in [1.807, 2.05) is 12.1 Å². The van der Waals surface area contributed by atoms with E-state index in [4.69, 9.17) is 0 Å². The monoisotopic (exact) mass is 302 g/mol. The summed E-state index contributed by atoms with van der Waals surface area (Å²) >= 11 is 0. The van der Waals surface area contributed by atoms with Gasteiger partial charge >= 0.3 is 0 Å². The summed E-state index contributed by atoms with van der Waals surface area (Å²) in [5.41, 5.74) is 2.62. The van der Waals surface area contributed by atoms with Gasteiger partial charge in [-0.25, -0.2) is 0 Å². The Morgan fingerprint density at radius 2 is 1.32 bits per heavy atom. The van der Waals surface area contributed by atoms with Crippen LogP contribution in [0.15, 0.2) is 29.8 Å². The smallest absolute Gasteiger partial charge is 0.115 e. The number of hydrogen-bond donors (Lipinski definition) is 1. The van der Waals surface area contributed by atoms with Crippen molar-refractivity contribution in [3.63, 3.8) is 0 Å². The number of benzene rings is 1. The van der Waals surface area contributed by atoms with Crippen LogP contribution in [0.4, 0.5) is 0 Å². The lowest BCUT2D eigenvalue weighted by atomic mass is 10.0. The van der Waals surface area contributed by atoms with Crippen molar-refractivity contribution in [2.24, 2.45) is 0 Å². The van der Waals surface area contributed by atoms with Crippen LogP contribution in [0.1, 0.15) is 90.0 Å². The van der Waals surface area contributed by atoms with E-state index in [2.05, 4.69) is 19.9 Å². The third-order valence-corrected chi connectivity index (χ3v) is 4.23. The zero-order valence-corrected chi connectivity index (χ0v) is 14.6. The van der Waals surface area contributed by atoms with Crippen molar-refractivity contribution >= 4 is 6.08 Å². The first kappa shape index (κ1) is 18.8. The summed E-state index contributed by atoms with van der Waals surface area (Å²) in [5.74, 6) is 0.337. The molecular weight excluding hydrogens is 268 g/mol. The Hall–Kier alpha value is -1.24. The highest BCUT2D eigenvalue weighted by Crippen LogP contribution is 2.17. The van der Waals surface area contributed by atoms with Gasteiger partial charge in [0.2, 0.25) is 0 Å². The van der Waals surface area contributed by atoms with Crippen LogP contribution in [0.2, 0.25) is 0 Å². The molecule has 0 radical (unpaired) electrons. The highest BCUT2D eigenvalue weighted by atomic mass is 16.3. The molecule has 0 aliphatic carbocycles. The maximum Gasteiger partial charge on any atom is 0.115 e. The zero-order valence-electron chi connectivity index (χ0n) is 14.6. The fourth-order valence-electron chi connectivity index (χ4n) is 2.82. The molecule has 0 spiro atoms. The maximum absolute atomic E-state index is 9.27. The van der Waals surface area contributed by atoms with Crippen LogP contribution in [0.25, 0.3) is 6.08 Å². The first-order valence-corrected chi connectivity index (χ1v) is 9.18. The van der Waals surface area contributed by atoms with E-state index in [-0.39, 0.29) is 0 Å². The molecule has 0 aliphatic heterocycles. The Labute approximate surface area is 137 Å². The largest absolute Gasteiger partial charge is 0.508 e. The molecule has 0 saturated heterocycles. The predicted octanol–water partition coefficient (Wildman–Crippen LogP) is 7.11. The molecule has 0 heterocycles. The molecule has 0 amide bonds. The molecule has 1 nitrogen and oxygen atoms in total. The molecule has 0 fully saturated rings. The first-order chi connectivity index (χ1) is 10.7. The summed E-state index contributed by atoms with van der Waals surface area (Å²) in [5, 5.41) is 9.27. The zero-order chi connectivity index (χ0) is 16.0. The number of rotatable bonds is 12. The van der Waals surface area contributed by atoms with Gasteiger partial charge in [-0.15, -0.1) is 0 Å². The highest BCUT2D eigenvalue weighted by molar-refractivity contribution is 5.53. The van der Waals surface area contributed by atoms with Crippen molar-refractivity contribution in [2.45, 2.75) is 84.5 Å². The number of phenolic OH excluding ortho intramolecular Hbond substituents is 1. The van der Waals surface area contributed by atoms with E-state index >= 15 is 0 Å². The van der Waals surface area contributed by atoms with Crippen LogP contribution in [-0.4, -0.2) is 5.11 Å². The van der Waals surface area contributed by atoms with Crippen molar-refractivity contribution in [1.82, 2.24) is 0 Å². The SMILES string of the molecule is CCCCCCCCCCCCC(C)=Cc1ccc(O)cc1. The van der Waals surface area contributed by atoms with Gasteiger partial charge in [-0.05, 0) is 37.5 Å². The average Bonchev–Trinajstić information content (AvgIpc) is 2.51. The van der Waals surface area contributed by atoms with Gasteiger partial charge in [-0.1, -0.05) is 88.5 Å². The molecule has 0 saturated carbocycles. The van der Waals surface area contributed by atoms with Crippen LogP contribution in [0.3, 0.4) is 0 Å². The predicted molar refractivity (Wildman–Crippen MR) is 98.2 cm³/mol. The number of phenols is 1.